The van der Waals surface area contributed by atoms with Crippen LogP contribution in [0.1, 0.15) is 19.8 Å². The van der Waals surface area contributed by atoms with Gasteiger partial charge in [0.05, 0.1) is 0 Å². The van der Waals surface area contributed by atoms with Crippen LogP contribution in [0.2, 0.25) is 0 Å². The lowest BCUT2D eigenvalue weighted by molar-refractivity contribution is 0.143. The van der Waals surface area contributed by atoms with Crippen LogP contribution in [0.15, 0.2) is 15.7 Å². The van der Waals surface area contributed by atoms with E-state index in [2.05, 4.69) is 23.6 Å². The van der Waals surface area contributed by atoms with Crippen LogP contribution in [-0.4, -0.2) is 40.0 Å². The summed E-state index contributed by atoms with van der Waals surface area (Å²) in [6, 6.07) is 1.50. The summed E-state index contributed by atoms with van der Waals surface area (Å²) in [6.07, 6.45) is 2.02. The Labute approximate surface area is 118 Å². The van der Waals surface area contributed by atoms with Crippen LogP contribution < -0.4 is 10.5 Å². The fraction of sp³-hybridized carbons (Fsp3) is 0.667. The van der Waals surface area contributed by atoms with Crippen molar-refractivity contribution >= 4 is 27.0 Å². The van der Waals surface area contributed by atoms with Crippen molar-refractivity contribution in [2.45, 2.75) is 24.0 Å². The van der Waals surface area contributed by atoms with E-state index in [-0.39, 0.29) is 5.41 Å². The summed E-state index contributed by atoms with van der Waals surface area (Å²) in [5, 5.41) is 1.64. The van der Waals surface area contributed by atoms with Crippen LogP contribution in [0.25, 0.3) is 0 Å². The van der Waals surface area contributed by atoms with Gasteiger partial charge in [-0.3, -0.25) is 0 Å². The molecule has 2 heterocycles. The van der Waals surface area contributed by atoms with E-state index in [4.69, 9.17) is 5.73 Å². The molecule has 5 nitrogen and oxygen atoms in total. The number of nitrogens with zero attached hydrogens (tertiary/aromatic N) is 1. The molecule has 0 aromatic carbocycles. The summed E-state index contributed by atoms with van der Waals surface area (Å²) in [6.45, 7) is 4.67. The van der Waals surface area contributed by atoms with Crippen LogP contribution in [0.5, 0.6) is 0 Å². The summed E-state index contributed by atoms with van der Waals surface area (Å²) in [5.74, 6) is 0. The van der Waals surface area contributed by atoms with Crippen molar-refractivity contribution in [1.82, 2.24) is 9.62 Å². The third-order valence-corrected chi connectivity index (χ3v) is 6.60. The number of hydrogen-bond acceptors (Lipinski definition) is 5. The largest absolute Gasteiger partial charge is 0.398 e. The highest BCUT2D eigenvalue weighted by molar-refractivity contribution is 7.91. The molecular weight excluding hydrogens is 282 g/mol. The molecule has 0 unspecified atom stereocenters. The first kappa shape index (κ1) is 14.8. The minimum Gasteiger partial charge on any atom is -0.398 e. The lowest BCUT2D eigenvalue weighted by Crippen LogP contribution is -2.43. The second kappa shape index (κ2) is 5.40. The van der Waals surface area contributed by atoms with Crippen LogP contribution in [-0.2, 0) is 10.0 Å². The Hall–Kier alpha value is -0.630. The van der Waals surface area contributed by atoms with Gasteiger partial charge in [0.25, 0.3) is 0 Å². The second-order valence-electron chi connectivity index (χ2n) is 5.64. The Morgan fingerprint density at radius 1 is 1.47 bits per heavy atom. The third kappa shape index (κ3) is 3.68. The minimum absolute atomic E-state index is 0.0440. The summed E-state index contributed by atoms with van der Waals surface area (Å²) in [5.41, 5.74) is 6.11. The number of nitrogens with two attached hydrogens (primary N) is 1. The number of thiophene rings is 1. The molecule has 0 aliphatic carbocycles. The third-order valence-electron chi connectivity index (χ3n) is 3.74. The first-order valence-electron chi connectivity index (χ1n) is 6.33. The van der Waals surface area contributed by atoms with E-state index in [1.807, 2.05) is 0 Å². The smallest absolute Gasteiger partial charge is 0.250 e. The molecule has 0 saturated carbocycles. The molecule has 0 bridgehead atoms. The van der Waals surface area contributed by atoms with Crippen molar-refractivity contribution < 1.29 is 8.42 Å². The first-order chi connectivity index (χ1) is 8.81. The number of hydrogen-bond donors (Lipinski definition) is 2. The number of likely N-dealkylation sites (tertiary alicyclic amines) is 1. The van der Waals surface area contributed by atoms with Gasteiger partial charge in [0.1, 0.15) is 4.21 Å². The number of anilines is 1. The van der Waals surface area contributed by atoms with Crippen LogP contribution in [0, 0.1) is 5.41 Å². The number of rotatable bonds is 4. The normalized spacial score (nSPS) is 20.5. The molecule has 1 saturated heterocycles. The van der Waals surface area contributed by atoms with Gasteiger partial charge in [-0.15, -0.1) is 11.3 Å². The van der Waals surface area contributed by atoms with Crippen LogP contribution >= 0.6 is 11.3 Å². The van der Waals surface area contributed by atoms with Crippen molar-refractivity contribution in [3.63, 3.8) is 0 Å². The van der Waals surface area contributed by atoms with Gasteiger partial charge in [0.2, 0.25) is 10.0 Å². The molecule has 7 heteroatoms. The number of piperidine rings is 1. The molecular formula is C12H21N3O2S2. The standard InChI is InChI=1S/C12H21N3O2S2/c1-12(3-5-15(2)6-4-12)9-14-19(16,17)11-7-10(13)8-18-11/h7-8,14H,3-6,9,13H2,1-2H3. The highest BCUT2D eigenvalue weighted by atomic mass is 32.2. The molecule has 1 aliphatic heterocycles. The van der Waals surface area contributed by atoms with Gasteiger partial charge >= 0.3 is 0 Å². The maximum Gasteiger partial charge on any atom is 0.250 e. The second-order valence-corrected chi connectivity index (χ2v) is 8.54. The van der Waals surface area contributed by atoms with Gasteiger partial charge in [0, 0.05) is 17.6 Å². The summed E-state index contributed by atoms with van der Waals surface area (Å²) >= 11 is 1.16. The van der Waals surface area contributed by atoms with Crippen LogP contribution in [0.3, 0.4) is 0 Å². The van der Waals surface area contributed by atoms with Gasteiger partial charge in [-0.05, 0) is 44.5 Å². The Balaban J connectivity index is 1.98. The molecule has 19 heavy (non-hydrogen) atoms. The number of nitrogens with one attached hydrogen (secondary N) is 1. The molecule has 0 radical (unpaired) electrons. The zero-order valence-corrected chi connectivity index (χ0v) is 13.0. The van der Waals surface area contributed by atoms with E-state index in [9.17, 15) is 8.42 Å². The number of nitrogen functional groups attached to an aromatic ring is 1. The Morgan fingerprint density at radius 2 is 2.11 bits per heavy atom. The molecule has 3 N–H and O–H groups in total. The quantitative estimate of drug-likeness (QED) is 0.880. The summed E-state index contributed by atoms with van der Waals surface area (Å²) < 4.78 is 27.3. The molecule has 0 atom stereocenters. The van der Waals surface area contributed by atoms with Crippen molar-refractivity contribution in [3.8, 4) is 0 Å². The lowest BCUT2D eigenvalue weighted by atomic mass is 9.81. The van der Waals surface area contributed by atoms with Gasteiger partial charge < -0.3 is 10.6 Å². The zero-order chi connectivity index (χ0) is 14.1. The first-order valence-corrected chi connectivity index (χ1v) is 8.69. The van der Waals surface area contributed by atoms with Gasteiger partial charge in [-0.1, -0.05) is 6.92 Å². The topological polar surface area (TPSA) is 75.4 Å². The van der Waals surface area contributed by atoms with E-state index in [1.165, 1.54) is 6.07 Å². The molecule has 1 aliphatic rings. The highest BCUT2D eigenvalue weighted by Gasteiger charge is 2.30. The van der Waals surface area contributed by atoms with E-state index < -0.39 is 10.0 Å². The van der Waals surface area contributed by atoms with E-state index in [1.54, 1.807) is 5.38 Å². The number of sulfonamides is 1. The van der Waals surface area contributed by atoms with E-state index in [0.717, 1.165) is 37.3 Å². The Morgan fingerprint density at radius 3 is 2.63 bits per heavy atom. The van der Waals surface area contributed by atoms with E-state index in [0.29, 0.717) is 16.4 Å². The molecule has 108 valence electrons. The minimum atomic E-state index is -3.42. The van der Waals surface area contributed by atoms with Crippen molar-refractivity contribution in [1.29, 1.82) is 0 Å². The van der Waals surface area contributed by atoms with Gasteiger partial charge in [-0.25, -0.2) is 13.1 Å². The molecule has 0 spiro atoms. The highest BCUT2D eigenvalue weighted by Crippen LogP contribution is 2.30. The monoisotopic (exact) mass is 303 g/mol. The predicted molar refractivity (Wildman–Crippen MR) is 78.8 cm³/mol. The fourth-order valence-corrected chi connectivity index (χ4v) is 4.47. The lowest BCUT2D eigenvalue weighted by Gasteiger charge is -2.37. The van der Waals surface area contributed by atoms with Gasteiger partial charge in [-0.2, -0.15) is 0 Å². The van der Waals surface area contributed by atoms with Crippen molar-refractivity contribution in [2.24, 2.45) is 5.41 Å². The van der Waals surface area contributed by atoms with Gasteiger partial charge in [0.15, 0.2) is 0 Å². The molecule has 1 aromatic heterocycles. The van der Waals surface area contributed by atoms with Crippen molar-refractivity contribution in [3.05, 3.63) is 11.4 Å². The van der Waals surface area contributed by atoms with Crippen molar-refractivity contribution in [2.75, 3.05) is 32.4 Å². The maximum absolute atomic E-state index is 12.1. The average molecular weight is 303 g/mol. The molecule has 1 fully saturated rings. The Bertz CT molecular complexity index is 531. The average Bonchev–Trinajstić information content (AvgIpc) is 2.79. The Kier molecular flexibility index (Phi) is 4.20. The molecule has 2 rings (SSSR count). The molecule has 1 aromatic rings. The zero-order valence-electron chi connectivity index (χ0n) is 11.3. The van der Waals surface area contributed by atoms with E-state index >= 15 is 0 Å². The maximum atomic E-state index is 12.1. The molecule has 0 amide bonds. The SMILES string of the molecule is CN1CCC(C)(CNS(=O)(=O)c2cc(N)cs2)CC1. The predicted octanol–water partition coefficient (Wildman–Crippen LogP) is 1.34. The summed E-state index contributed by atoms with van der Waals surface area (Å²) in [4.78, 5) is 2.27. The van der Waals surface area contributed by atoms with Crippen LogP contribution in [0.4, 0.5) is 5.69 Å². The fourth-order valence-electron chi connectivity index (χ4n) is 2.15. The summed E-state index contributed by atoms with van der Waals surface area (Å²) in [7, 11) is -1.32.